The van der Waals surface area contributed by atoms with Crippen LogP contribution in [0, 0.1) is 0 Å². The van der Waals surface area contributed by atoms with Gasteiger partial charge in [0, 0.05) is 4.47 Å². The molecule has 1 aliphatic carbocycles. The van der Waals surface area contributed by atoms with Gasteiger partial charge in [0.05, 0.1) is 10.5 Å². The Morgan fingerprint density at radius 1 is 1.04 bits per heavy atom. The van der Waals surface area contributed by atoms with Crippen LogP contribution in [-0.4, -0.2) is 14.3 Å². The third-order valence-corrected chi connectivity index (χ3v) is 5.73. The first-order valence-corrected chi connectivity index (χ1v) is 9.43. The predicted molar refractivity (Wildman–Crippen MR) is 90.4 cm³/mol. The number of nitrogens with one attached hydrogen (secondary N) is 2. The molecule has 1 amide bonds. The van der Waals surface area contributed by atoms with Gasteiger partial charge in [0.25, 0.3) is 15.9 Å². The predicted octanol–water partition coefficient (Wildman–Crippen LogP) is 2.56. The second-order valence-electron chi connectivity index (χ2n) is 5.32. The summed E-state index contributed by atoms with van der Waals surface area (Å²) in [4.78, 5) is 14.4. The molecule has 0 aliphatic heterocycles. The fraction of sp³-hybridized carbons (Fsp3) is 0.188. The zero-order valence-corrected chi connectivity index (χ0v) is 14.6. The molecule has 0 radical (unpaired) electrons. The third kappa shape index (κ3) is 3.46. The first kappa shape index (κ1) is 16.2. The van der Waals surface area contributed by atoms with E-state index in [1.807, 2.05) is 6.07 Å². The number of rotatable bonds is 4. The van der Waals surface area contributed by atoms with Crippen molar-refractivity contribution in [3.8, 4) is 0 Å². The van der Waals surface area contributed by atoms with Gasteiger partial charge in [-0.2, -0.15) is 0 Å². The van der Waals surface area contributed by atoms with E-state index in [1.54, 1.807) is 36.4 Å². The molecule has 23 heavy (non-hydrogen) atoms. The van der Waals surface area contributed by atoms with E-state index < -0.39 is 15.9 Å². The second-order valence-corrected chi connectivity index (χ2v) is 7.86. The number of aryl methyl sites for hydroxylation is 2. The lowest BCUT2D eigenvalue weighted by Gasteiger charge is -2.10. The molecule has 2 N–H and O–H groups in total. The van der Waals surface area contributed by atoms with Gasteiger partial charge in [0.1, 0.15) is 0 Å². The van der Waals surface area contributed by atoms with Gasteiger partial charge in [-0.3, -0.25) is 10.2 Å². The molecule has 2 aromatic rings. The number of amides is 1. The number of carbonyl (C=O) groups is 1. The topological polar surface area (TPSA) is 75.3 Å². The molecule has 0 saturated carbocycles. The van der Waals surface area contributed by atoms with Crippen LogP contribution in [0.25, 0.3) is 0 Å². The Morgan fingerprint density at radius 2 is 1.78 bits per heavy atom. The fourth-order valence-electron chi connectivity index (χ4n) is 2.60. The largest absolute Gasteiger partial charge is 0.273 e. The Hall–Kier alpha value is -1.70. The summed E-state index contributed by atoms with van der Waals surface area (Å²) in [6, 6.07) is 11.9. The first-order valence-electron chi connectivity index (χ1n) is 7.16. The molecule has 7 heteroatoms. The van der Waals surface area contributed by atoms with E-state index in [2.05, 4.69) is 26.2 Å². The normalized spacial score (nSPS) is 13.6. The quantitative estimate of drug-likeness (QED) is 0.782. The number of hydrazine groups is 1. The molecule has 0 atom stereocenters. The minimum atomic E-state index is -3.80. The molecular weight excluding hydrogens is 380 g/mol. The molecular formula is C16H15BrN2O3S. The highest BCUT2D eigenvalue weighted by Gasteiger charge is 2.19. The average Bonchev–Trinajstić information content (AvgIpc) is 3.00. The van der Waals surface area contributed by atoms with E-state index in [-0.39, 0.29) is 4.90 Å². The number of fused-ring (bicyclic) bond motifs is 1. The van der Waals surface area contributed by atoms with Crippen molar-refractivity contribution in [2.24, 2.45) is 0 Å². The number of hydrogen-bond acceptors (Lipinski definition) is 3. The summed E-state index contributed by atoms with van der Waals surface area (Å²) < 4.78 is 25.2. The zero-order chi connectivity index (χ0) is 16.4. The number of halogens is 1. The molecule has 0 heterocycles. The maximum absolute atomic E-state index is 12.3. The van der Waals surface area contributed by atoms with E-state index >= 15 is 0 Å². The molecule has 0 bridgehead atoms. The summed E-state index contributed by atoms with van der Waals surface area (Å²) >= 11 is 3.26. The molecule has 0 fully saturated rings. The molecule has 3 rings (SSSR count). The summed E-state index contributed by atoms with van der Waals surface area (Å²) in [5, 5.41) is 0. The molecule has 0 saturated heterocycles. The van der Waals surface area contributed by atoms with Crippen LogP contribution in [0.1, 0.15) is 27.9 Å². The van der Waals surface area contributed by atoms with Gasteiger partial charge in [-0.15, -0.1) is 4.83 Å². The molecule has 2 aromatic carbocycles. The number of carbonyl (C=O) groups excluding carboxylic acids is 1. The second kappa shape index (κ2) is 6.43. The van der Waals surface area contributed by atoms with E-state index in [1.165, 1.54) is 5.56 Å². The lowest BCUT2D eigenvalue weighted by atomic mass is 10.1. The van der Waals surface area contributed by atoms with Crippen LogP contribution in [0.4, 0.5) is 0 Å². The van der Waals surface area contributed by atoms with Crippen LogP contribution < -0.4 is 10.3 Å². The van der Waals surface area contributed by atoms with E-state index in [9.17, 15) is 13.2 Å². The smallest absolute Gasteiger partial charge is 0.267 e. The Kier molecular flexibility index (Phi) is 4.52. The molecule has 0 aromatic heterocycles. The molecule has 0 unspecified atom stereocenters. The van der Waals surface area contributed by atoms with Crippen molar-refractivity contribution in [2.45, 2.75) is 24.2 Å². The van der Waals surface area contributed by atoms with Crippen molar-refractivity contribution < 1.29 is 13.2 Å². The van der Waals surface area contributed by atoms with Crippen molar-refractivity contribution in [1.29, 1.82) is 0 Å². The minimum absolute atomic E-state index is 0.158. The van der Waals surface area contributed by atoms with E-state index in [0.29, 0.717) is 10.0 Å². The van der Waals surface area contributed by atoms with Crippen molar-refractivity contribution in [3.63, 3.8) is 0 Å². The zero-order valence-electron chi connectivity index (χ0n) is 12.2. The highest BCUT2D eigenvalue weighted by atomic mass is 79.9. The molecule has 1 aliphatic rings. The Balaban J connectivity index is 1.74. The average molecular weight is 395 g/mol. The standard InChI is InChI=1S/C16H15BrN2O3S/c17-15-7-2-1-6-14(15)16(20)18-19-23(21,22)13-9-8-11-4-3-5-12(11)10-13/h1-2,6-10,19H,3-5H2,(H,18,20). The summed E-state index contributed by atoms with van der Waals surface area (Å²) in [7, 11) is -3.80. The summed E-state index contributed by atoms with van der Waals surface area (Å²) in [6.45, 7) is 0. The van der Waals surface area contributed by atoms with Gasteiger partial charge in [-0.25, -0.2) is 8.42 Å². The van der Waals surface area contributed by atoms with Crippen molar-refractivity contribution in [2.75, 3.05) is 0 Å². The fourth-order valence-corrected chi connectivity index (χ4v) is 3.95. The van der Waals surface area contributed by atoms with Gasteiger partial charge in [-0.1, -0.05) is 18.2 Å². The lowest BCUT2D eigenvalue weighted by Crippen LogP contribution is -2.41. The van der Waals surface area contributed by atoms with Gasteiger partial charge < -0.3 is 0 Å². The third-order valence-electron chi connectivity index (χ3n) is 3.80. The van der Waals surface area contributed by atoms with Crippen molar-refractivity contribution in [1.82, 2.24) is 10.3 Å². The molecule has 120 valence electrons. The monoisotopic (exact) mass is 394 g/mol. The van der Waals surface area contributed by atoms with E-state index in [0.717, 1.165) is 24.8 Å². The van der Waals surface area contributed by atoms with Gasteiger partial charge in [0.15, 0.2) is 0 Å². The highest BCUT2D eigenvalue weighted by Crippen LogP contribution is 2.24. The number of sulfonamides is 1. The van der Waals surface area contributed by atoms with Gasteiger partial charge >= 0.3 is 0 Å². The van der Waals surface area contributed by atoms with E-state index in [4.69, 9.17) is 0 Å². The first-order chi connectivity index (χ1) is 11.0. The maximum atomic E-state index is 12.3. The van der Waals surface area contributed by atoms with Crippen LogP contribution in [-0.2, 0) is 22.9 Å². The molecule has 5 nitrogen and oxygen atoms in total. The Morgan fingerprint density at radius 3 is 2.57 bits per heavy atom. The highest BCUT2D eigenvalue weighted by molar-refractivity contribution is 9.10. The Bertz CT molecular complexity index is 865. The van der Waals surface area contributed by atoms with Crippen LogP contribution in [0.3, 0.4) is 0 Å². The SMILES string of the molecule is O=C(NNS(=O)(=O)c1ccc2c(c1)CCC2)c1ccccc1Br. The van der Waals surface area contributed by atoms with Crippen LogP contribution in [0.2, 0.25) is 0 Å². The van der Waals surface area contributed by atoms with Crippen molar-refractivity contribution >= 4 is 31.9 Å². The summed E-state index contributed by atoms with van der Waals surface area (Å²) in [5.74, 6) is -0.526. The minimum Gasteiger partial charge on any atom is -0.273 e. The molecule has 0 spiro atoms. The Labute approximate surface area is 143 Å². The van der Waals surface area contributed by atoms with Crippen molar-refractivity contribution in [3.05, 3.63) is 63.6 Å². The number of hydrogen-bond donors (Lipinski definition) is 2. The van der Waals surface area contributed by atoms with Crippen LogP contribution in [0.5, 0.6) is 0 Å². The summed E-state index contributed by atoms with van der Waals surface area (Å²) in [5.41, 5.74) is 4.85. The summed E-state index contributed by atoms with van der Waals surface area (Å²) in [6.07, 6.45) is 2.93. The number of benzene rings is 2. The van der Waals surface area contributed by atoms with Gasteiger partial charge in [-0.05, 0) is 70.6 Å². The maximum Gasteiger partial charge on any atom is 0.267 e. The lowest BCUT2D eigenvalue weighted by molar-refractivity contribution is 0.0944. The van der Waals surface area contributed by atoms with Gasteiger partial charge in [0.2, 0.25) is 0 Å². The van der Waals surface area contributed by atoms with Crippen LogP contribution in [0.15, 0.2) is 51.8 Å². The van der Waals surface area contributed by atoms with Crippen LogP contribution >= 0.6 is 15.9 Å².